The van der Waals surface area contributed by atoms with E-state index in [2.05, 4.69) is 24.4 Å². The lowest BCUT2D eigenvalue weighted by Gasteiger charge is -2.39. The van der Waals surface area contributed by atoms with Crippen LogP contribution in [0.4, 0.5) is 0 Å². The molecule has 1 aromatic rings. The first-order valence-electron chi connectivity index (χ1n) is 7.56. The Morgan fingerprint density at radius 2 is 2.15 bits per heavy atom. The van der Waals surface area contributed by atoms with Crippen molar-refractivity contribution in [1.29, 1.82) is 0 Å². The van der Waals surface area contributed by atoms with E-state index >= 15 is 0 Å². The summed E-state index contributed by atoms with van der Waals surface area (Å²) in [4.78, 5) is 11.2. The SMILES string of the molecule is C[C@@H]1CCC[C@@](CNCc2ccccc2)(CC(=O)O)C1. The van der Waals surface area contributed by atoms with Crippen LogP contribution in [-0.2, 0) is 11.3 Å². The zero-order valence-electron chi connectivity index (χ0n) is 12.3. The fourth-order valence-electron chi connectivity index (χ4n) is 3.54. The number of benzene rings is 1. The zero-order valence-corrected chi connectivity index (χ0v) is 12.3. The van der Waals surface area contributed by atoms with E-state index in [9.17, 15) is 9.90 Å². The number of carboxylic acids is 1. The molecule has 1 aliphatic carbocycles. The van der Waals surface area contributed by atoms with Crippen molar-refractivity contribution in [2.75, 3.05) is 6.54 Å². The molecule has 0 radical (unpaired) electrons. The molecule has 2 rings (SSSR count). The molecule has 0 unspecified atom stereocenters. The molecule has 0 aliphatic heterocycles. The van der Waals surface area contributed by atoms with Crippen LogP contribution in [0, 0.1) is 11.3 Å². The fraction of sp³-hybridized carbons (Fsp3) is 0.588. The predicted molar refractivity (Wildman–Crippen MR) is 80.5 cm³/mol. The first-order chi connectivity index (χ1) is 9.60. The van der Waals surface area contributed by atoms with Crippen molar-refractivity contribution in [3.8, 4) is 0 Å². The van der Waals surface area contributed by atoms with E-state index in [1.54, 1.807) is 0 Å². The quantitative estimate of drug-likeness (QED) is 0.836. The number of nitrogens with one attached hydrogen (secondary N) is 1. The maximum atomic E-state index is 11.2. The minimum absolute atomic E-state index is 0.0573. The van der Waals surface area contributed by atoms with Crippen LogP contribution in [0.3, 0.4) is 0 Å². The molecule has 20 heavy (non-hydrogen) atoms. The van der Waals surface area contributed by atoms with Gasteiger partial charge in [-0.3, -0.25) is 4.79 Å². The number of carbonyl (C=O) groups is 1. The van der Waals surface area contributed by atoms with Gasteiger partial charge in [0.1, 0.15) is 0 Å². The second-order valence-electron chi connectivity index (χ2n) is 6.36. The number of hydrogen-bond donors (Lipinski definition) is 2. The summed E-state index contributed by atoms with van der Waals surface area (Å²) in [6.45, 7) is 3.86. The smallest absolute Gasteiger partial charge is 0.303 e. The molecule has 3 heteroatoms. The van der Waals surface area contributed by atoms with Gasteiger partial charge in [-0.15, -0.1) is 0 Å². The number of carboxylic acid groups (broad SMARTS) is 1. The zero-order chi connectivity index (χ0) is 14.4. The Morgan fingerprint density at radius 1 is 1.40 bits per heavy atom. The first-order valence-corrected chi connectivity index (χ1v) is 7.56. The van der Waals surface area contributed by atoms with Crippen LogP contribution in [0.25, 0.3) is 0 Å². The third kappa shape index (κ3) is 4.34. The molecule has 0 bridgehead atoms. The number of hydrogen-bond acceptors (Lipinski definition) is 2. The average Bonchev–Trinajstić information content (AvgIpc) is 2.39. The van der Waals surface area contributed by atoms with Gasteiger partial charge in [-0.25, -0.2) is 0 Å². The molecule has 2 atom stereocenters. The van der Waals surface area contributed by atoms with Gasteiger partial charge in [-0.05, 0) is 29.7 Å². The van der Waals surface area contributed by atoms with E-state index in [-0.39, 0.29) is 5.41 Å². The minimum atomic E-state index is -0.666. The molecule has 0 saturated heterocycles. The highest BCUT2D eigenvalue weighted by atomic mass is 16.4. The molecule has 2 N–H and O–H groups in total. The molecule has 1 fully saturated rings. The molecule has 1 saturated carbocycles. The predicted octanol–water partition coefficient (Wildman–Crippen LogP) is 3.45. The van der Waals surface area contributed by atoms with Gasteiger partial charge >= 0.3 is 5.97 Å². The van der Waals surface area contributed by atoms with Gasteiger partial charge in [-0.2, -0.15) is 0 Å². The maximum absolute atomic E-state index is 11.2. The van der Waals surface area contributed by atoms with Crippen molar-refractivity contribution in [3.05, 3.63) is 35.9 Å². The molecule has 1 aliphatic rings. The summed E-state index contributed by atoms with van der Waals surface area (Å²) >= 11 is 0. The van der Waals surface area contributed by atoms with E-state index < -0.39 is 5.97 Å². The molecule has 1 aromatic carbocycles. The minimum Gasteiger partial charge on any atom is -0.481 e. The van der Waals surface area contributed by atoms with Crippen LogP contribution in [-0.4, -0.2) is 17.6 Å². The Bertz CT molecular complexity index is 432. The molecule has 0 amide bonds. The first kappa shape index (κ1) is 15.0. The molecule has 0 heterocycles. The normalized spacial score (nSPS) is 26.4. The van der Waals surface area contributed by atoms with Crippen LogP contribution in [0.15, 0.2) is 30.3 Å². The van der Waals surface area contributed by atoms with Gasteiger partial charge in [0.25, 0.3) is 0 Å². The van der Waals surface area contributed by atoms with Gasteiger partial charge in [0.15, 0.2) is 0 Å². The van der Waals surface area contributed by atoms with Crippen LogP contribution >= 0.6 is 0 Å². The Morgan fingerprint density at radius 3 is 2.80 bits per heavy atom. The van der Waals surface area contributed by atoms with Crippen molar-refractivity contribution in [1.82, 2.24) is 5.32 Å². The van der Waals surface area contributed by atoms with Crippen LogP contribution < -0.4 is 5.32 Å². The lowest BCUT2D eigenvalue weighted by Crippen LogP contribution is -2.39. The lowest BCUT2D eigenvalue weighted by atomic mass is 9.68. The van der Waals surface area contributed by atoms with Crippen LogP contribution in [0.2, 0.25) is 0 Å². The standard InChI is InChI=1S/C17H25NO2/c1-14-6-5-9-17(10-14,11-16(19)20)13-18-12-15-7-3-2-4-8-15/h2-4,7-8,14,18H,5-6,9-13H2,1H3,(H,19,20)/t14-,17+/m1/s1. The van der Waals surface area contributed by atoms with Gasteiger partial charge in [-0.1, -0.05) is 50.1 Å². The average molecular weight is 275 g/mol. The van der Waals surface area contributed by atoms with Gasteiger partial charge in [0.2, 0.25) is 0 Å². The topological polar surface area (TPSA) is 49.3 Å². The summed E-state index contributed by atoms with van der Waals surface area (Å²) in [7, 11) is 0. The van der Waals surface area contributed by atoms with E-state index in [1.807, 2.05) is 18.2 Å². The van der Waals surface area contributed by atoms with E-state index in [4.69, 9.17) is 0 Å². The van der Waals surface area contributed by atoms with E-state index in [0.717, 1.165) is 32.4 Å². The third-order valence-electron chi connectivity index (χ3n) is 4.38. The second-order valence-corrected chi connectivity index (χ2v) is 6.36. The summed E-state index contributed by atoms with van der Waals surface area (Å²) in [5, 5.41) is 12.7. The van der Waals surface area contributed by atoms with E-state index in [0.29, 0.717) is 12.3 Å². The van der Waals surface area contributed by atoms with Crippen LogP contribution in [0.5, 0.6) is 0 Å². The highest BCUT2D eigenvalue weighted by Crippen LogP contribution is 2.41. The third-order valence-corrected chi connectivity index (χ3v) is 4.38. The summed E-state index contributed by atoms with van der Waals surface area (Å²) in [5.41, 5.74) is 1.19. The lowest BCUT2D eigenvalue weighted by molar-refractivity contribution is -0.140. The maximum Gasteiger partial charge on any atom is 0.303 e. The highest BCUT2D eigenvalue weighted by Gasteiger charge is 2.36. The Hall–Kier alpha value is -1.35. The molecule has 0 aromatic heterocycles. The van der Waals surface area contributed by atoms with Crippen molar-refractivity contribution >= 4 is 5.97 Å². The largest absolute Gasteiger partial charge is 0.481 e. The fourth-order valence-corrected chi connectivity index (χ4v) is 3.54. The monoisotopic (exact) mass is 275 g/mol. The summed E-state index contributed by atoms with van der Waals surface area (Å²) < 4.78 is 0. The molecular formula is C17H25NO2. The highest BCUT2D eigenvalue weighted by molar-refractivity contribution is 5.67. The summed E-state index contributed by atoms with van der Waals surface area (Å²) in [6.07, 6.45) is 4.74. The van der Waals surface area contributed by atoms with Crippen molar-refractivity contribution < 1.29 is 9.90 Å². The summed E-state index contributed by atoms with van der Waals surface area (Å²) in [5.74, 6) is -0.0257. The second kappa shape index (κ2) is 6.89. The van der Waals surface area contributed by atoms with Crippen molar-refractivity contribution in [2.45, 2.75) is 45.6 Å². The number of aliphatic carboxylic acids is 1. The Labute approximate surface area is 121 Å². The van der Waals surface area contributed by atoms with Gasteiger partial charge in [0.05, 0.1) is 6.42 Å². The summed E-state index contributed by atoms with van der Waals surface area (Å²) in [6, 6.07) is 10.3. The van der Waals surface area contributed by atoms with Gasteiger partial charge in [0, 0.05) is 13.1 Å². The van der Waals surface area contributed by atoms with Crippen molar-refractivity contribution in [3.63, 3.8) is 0 Å². The molecule has 110 valence electrons. The Balaban J connectivity index is 1.92. The molecule has 3 nitrogen and oxygen atoms in total. The molecular weight excluding hydrogens is 250 g/mol. The van der Waals surface area contributed by atoms with Crippen LogP contribution in [0.1, 0.15) is 44.6 Å². The Kier molecular flexibility index (Phi) is 5.18. The van der Waals surface area contributed by atoms with Gasteiger partial charge < -0.3 is 10.4 Å². The molecule has 0 spiro atoms. The van der Waals surface area contributed by atoms with E-state index in [1.165, 1.54) is 12.0 Å². The number of rotatable bonds is 6. The van der Waals surface area contributed by atoms with Crippen molar-refractivity contribution in [2.24, 2.45) is 11.3 Å².